The Labute approximate surface area is 89.6 Å². The Kier molecular flexibility index (Phi) is 2.67. The van der Waals surface area contributed by atoms with Crippen LogP contribution in [0.3, 0.4) is 0 Å². The van der Waals surface area contributed by atoms with E-state index in [0.29, 0.717) is 18.8 Å². The van der Waals surface area contributed by atoms with Gasteiger partial charge in [-0.25, -0.2) is 4.79 Å². The minimum atomic E-state index is -0.246. The molecule has 0 aliphatic carbocycles. The number of carbonyl (C=O) groups is 2. The SMILES string of the molecule is CCOC(=O)N1[C@H]2CC[C@H]1[C@H](C)C(=O)C2. The zero-order chi connectivity index (χ0) is 11.0. The van der Waals surface area contributed by atoms with Gasteiger partial charge in [-0.15, -0.1) is 0 Å². The third-order valence-electron chi connectivity index (χ3n) is 3.55. The van der Waals surface area contributed by atoms with E-state index >= 15 is 0 Å². The van der Waals surface area contributed by atoms with E-state index < -0.39 is 0 Å². The second kappa shape index (κ2) is 3.83. The summed E-state index contributed by atoms with van der Waals surface area (Å²) in [5.74, 6) is 0.274. The Balaban J connectivity index is 2.14. The lowest BCUT2D eigenvalue weighted by molar-refractivity contribution is -0.127. The van der Waals surface area contributed by atoms with Crippen LogP contribution in [0.1, 0.15) is 33.1 Å². The van der Waals surface area contributed by atoms with Gasteiger partial charge in [0.25, 0.3) is 0 Å². The first kappa shape index (κ1) is 10.5. The molecule has 2 bridgehead atoms. The van der Waals surface area contributed by atoms with E-state index in [0.717, 1.165) is 12.8 Å². The van der Waals surface area contributed by atoms with Gasteiger partial charge in [0.2, 0.25) is 0 Å². The Morgan fingerprint density at radius 1 is 1.53 bits per heavy atom. The maximum atomic E-state index is 11.7. The quantitative estimate of drug-likeness (QED) is 0.661. The highest BCUT2D eigenvalue weighted by Crippen LogP contribution is 2.37. The number of hydrogen-bond donors (Lipinski definition) is 0. The molecule has 1 amide bonds. The molecule has 0 radical (unpaired) electrons. The van der Waals surface area contributed by atoms with Crippen LogP contribution in [0, 0.1) is 5.92 Å². The molecule has 2 heterocycles. The molecule has 0 aromatic rings. The van der Waals surface area contributed by atoms with Crippen molar-refractivity contribution in [3.05, 3.63) is 0 Å². The molecule has 0 saturated carbocycles. The van der Waals surface area contributed by atoms with Crippen molar-refractivity contribution in [1.29, 1.82) is 0 Å². The Hall–Kier alpha value is -1.06. The summed E-state index contributed by atoms with van der Waals surface area (Å²) >= 11 is 0. The fourth-order valence-corrected chi connectivity index (χ4v) is 2.72. The summed E-state index contributed by atoms with van der Waals surface area (Å²) in [5, 5.41) is 0. The molecular formula is C11H17NO3. The van der Waals surface area contributed by atoms with Crippen LogP contribution in [0.25, 0.3) is 0 Å². The smallest absolute Gasteiger partial charge is 0.410 e. The summed E-state index contributed by atoms with van der Waals surface area (Å²) in [6.07, 6.45) is 2.15. The highest BCUT2D eigenvalue weighted by Gasteiger charge is 2.47. The molecule has 0 unspecified atom stereocenters. The minimum Gasteiger partial charge on any atom is -0.450 e. The largest absolute Gasteiger partial charge is 0.450 e. The van der Waals surface area contributed by atoms with Gasteiger partial charge in [-0.2, -0.15) is 0 Å². The molecule has 0 N–H and O–H groups in total. The van der Waals surface area contributed by atoms with Crippen LogP contribution in [0.2, 0.25) is 0 Å². The van der Waals surface area contributed by atoms with E-state index in [1.165, 1.54) is 0 Å². The maximum absolute atomic E-state index is 11.7. The zero-order valence-corrected chi connectivity index (χ0v) is 9.23. The van der Waals surface area contributed by atoms with Crippen molar-refractivity contribution in [3.8, 4) is 0 Å². The molecule has 2 aliphatic heterocycles. The molecule has 4 heteroatoms. The number of amides is 1. The molecule has 3 atom stereocenters. The lowest BCUT2D eigenvalue weighted by Gasteiger charge is -2.36. The predicted octanol–water partition coefficient (Wildman–Crippen LogP) is 1.58. The highest BCUT2D eigenvalue weighted by molar-refractivity contribution is 5.85. The van der Waals surface area contributed by atoms with Crippen LogP contribution in [0.15, 0.2) is 0 Å². The van der Waals surface area contributed by atoms with Crippen molar-refractivity contribution < 1.29 is 14.3 Å². The number of ether oxygens (including phenoxy) is 1. The molecule has 2 rings (SSSR count). The van der Waals surface area contributed by atoms with Crippen LogP contribution in [-0.4, -0.2) is 35.5 Å². The number of piperidine rings is 1. The number of nitrogens with zero attached hydrogens (tertiary/aromatic N) is 1. The monoisotopic (exact) mass is 211 g/mol. The number of hydrogen-bond acceptors (Lipinski definition) is 3. The number of Topliss-reactive ketones (excluding diaryl/α,β-unsaturated/α-hetero) is 1. The number of fused-ring (bicyclic) bond motifs is 2. The van der Waals surface area contributed by atoms with Crippen molar-refractivity contribution in [3.63, 3.8) is 0 Å². The Morgan fingerprint density at radius 2 is 2.27 bits per heavy atom. The van der Waals surface area contributed by atoms with Crippen molar-refractivity contribution in [2.75, 3.05) is 6.61 Å². The molecule has 0 spiro atoms. The standard InChI is InChI=1S/C11H17NO3/c1-3-15-11(14)12-8-4-5-9(12)7(2)10(13)6-8/h7-9H,3-6H2,1-2H3/t7-,8-,9-/m0/s1. The van der Waals surface area contributed by atoms with Gasteiger partial charge >= 0.3 is 6.09 Å². The molecule has 2 saturated heterocycles. The topological polar surface area (TPSA) is 46.6 Å². The molecule has 4 nitrogen and oxygen atoms in total. The first-order chi connectivity index (χ1) is 7.15. The van der Waals surface area contributed by atoms with Gasteiger partial charge in [0.1, 0.15) is 5.78 Å². The van der Waals surface area contributed by atoms with E-state index in [1.54, 1.807) is 11.8 Å². The fraction of sp³-hybridized carbons (Fsp3) is 0.818. The molecule has 15 heavy (non-hydrogen) atoms. The first-order valence-electron chi connectivity index (χ1n) is 5.63. The summed E-state index contributed by atoms with van der Waals surface area (Å²) in [6.45, 7) is 4.12. The molecule has 0 aromatic heterocycles. The minimum absolute atomic E-state index is 0.0202. The van der Waals surface area contributed by atoms with Crippen molar-refractivity contribution in [1.82, 2.24) is 4.90 Å². The third kappa shape index (κ3) is 1.62. The molecule has 2 aliphatic rings. The zero-order valence-electron chi connectivity index (χ0n) is 9.23. The van der Waals surface area contributed by atoms with Gasteiger partial charge in [0, 0.05) is 24.4 Å². The van der Waals surface area contributed by atoms with Crippen LogP contribution >= 0.6 is 0 Å². The van der Waals surface area contributed by atoms with Gasteiger partial charge in [-0.3, -0.25) is 4.79 Å². The van der Waals surface area contributed by atoms with Gasteiger partial charge in [-0.05, 0) is 19.8 Å². The summed E-state index contributed by atoms with van der Waals surface area (Å²) in [7, 11) is 0. The maximum Gasteiger partial charge on any atom is 0.410 e. The summed E-state index contributed by atoms with van der Waals surface area (Å²) in [6, 6.07) is 0.174. The van der Waals surface area contributed by atoms with Crippen LogP contribution in [0.4, 0.5) is 4.79 Å². The molecule has 2 fully saturated rings. The van der Waals surface area contributed by atoms with Gasteiger partial charge in [0.05, 0.1) is 6.61 Å². The number of carbonyl (C=O) groups excluding carboxylic acids is 2. The van der Waals surface area contributed by atoms with Gasteiger partial charge in [-0.1, -0.05) is 6.92 Å². The average Bonchev–Trinajstić information content (AvgIpc) is 2.54. The van der Waals surface area contributed by atoms with Crippen molar-refractivity contribution >= 4 is 11.9 Å². The summed E-state index contributed by atoms with van der Waals surface area (Å²) in [4.78, 5) is 25.1. The number of ketones is 1. The van der Waals surface area contributed by atoms with E-state index in [4.69, 9.17) is 4.74 Å². The van der Waals surface area contributed by atoms with Crippen molar-refractivity contribution in [2.24, 2.45) is 5.92 Å². The Bertz CT molecular complexity index is 290. The van der Waals surface area contributed by atoms with E-state index in [-0.39, 0.29) is 24.1 Å². The predicted molar refractivity (Wildman–Crippen MR) is 54.5 cm³/mol. The van der Waals surface area contributed by atoms with Gasteiger partial charge < -0.3 is 9.64 Å². The second-order valence-electron chi connectivity index (χ2n) is 4.36. The second-order valence-corrected chi connectivity index (χ2v) is 4.36. The van der Waals surface area contributed by atoms with E-state index in [1.807, 2.05) is 6.92 Å². The van der Waals surface area contributed by atoms with Crippen molar-refractivity contribution in [2.45, 2.75) is 45.2 Å². The first-order valence-corrected chi connectivity index (χ1v) is 5.63. The van der Waals surface area contributed by atoms with Crippen LogP contribution < -0.4 is 0 Å². The lowest BCUT2D eigenvalue weighted by atomic mass is 9.91. The summed E-state index contributed by atoms with van der Waals surface area (Å²) < 4.78 is 5.02. The summed E-state index contributed by atoms with van der Waals surface area (Å²) in [5.41, 5.74) is 0. The van der Waals surface area contributed by atoms with Gasteiger partial charge in [0.15, 0.2) is 0 Å². The molecule has 0 aromatic carbocycles. The number of rotatable bonds is 1. The average molecular weight is 211 g/mol. The molecular weight excluding hydrogens is 194 g/mol. The third-order valence-corrected chi connectivity index (χ3v) is 3.55. The van der Waals surface area contributed by atoms with E-state index in [9.17, 15) is 9.59 Å². The Morgan fingerprint density at radius 3 is 2.93 bits per heavy atom. The van der Waals surface area contributed by atoms with Crippen LogP contribution in [0.5, 0.6) is 0 Å². The fourth-order valence-electron chi connectivity index (χ4n) is 2.72. The lowest BCUT2D eigenvalue weighted by Crippen LogP contribution is -2.51. The normalized spacial score (nSPS) is 34.4. The molecule has 84 valence electrons. The van der Waals surface area contributed by atoms with Crippen LogP contribution in [-0.2, 0) is 9.53 Å². The van der Waals surface area contributed by atoms with E-state index in [2.05, 4.69) is 0 Å². The highest BCUT2D eigenvalue weighted by atomic mass is 16.6.